The summed E-state index contributed by atoms with van der Waals surface area (Å²) in [6.07, 6.45) is 1.46. The van der Waals surface area contributed by atoms with Crippen LogP contribution in [-0.4, -0.2) is 38.0 Å². The number of hydrogen-bond donors (Lipinski definition) is 6. The van der Waals surface area contributed by atoms with Crippen molar-refractivity contribution in [3.05, 3.63) is 47.7 Å². The van der Waals surface area contributed by atoms with E-state index in [1.54, 1.807) is 38.1 Å². The third-order valence-corrected chi connectivity index (χ3v) is 4.78. The molecule has 0 bridgehead atoms. The molecule has 0 radical (unpaired) electrons. The van der Waals surface area contributed by atoms with Crippen molar-refractivity contribution in [1.29, 1.82) is 0 Å². The molecule has 1 aliphatic rings. The molecule has 11 heteroatoms. The summed E-state index contributed by atoms with van der Waals surface area (Å²) in [6, 6.07) is 8.05. The van der Waals surface area contributed by atoms with Crippen molar-refractivity contribution in [3.63, 3.8) is 0 Å². The molecule has 1 amide bonds. The van der Waals surface area contributed by atoms with Gasteiger partial charge in [0.2, 0.25) is 0 Å². The number of aromatic nitrogens is 1. The lowest BCUT2D eigenvalue weighted by atomic mass is 10.1. The molecule has 0 saturated carbocycles. The average Bonchev–Trinajstić information content (AvgIpc) is 2.58. The number of rotatable bonds is 5. The van der Waals surface area contributed by atoms with Gasteiger partial charge in [0.15, 0.2) is 5.84 Å². The van der Waals surface area contributed by atoms with Crippen LogP contribution < -0.4 is 26.2 Å². The number of nitrogens with two attached hydrogens (primary N) is 2. The number of fused-ring (bicyclic) bond motifs is 1. The van der Waals surface area contributed by atoms with E-state index in [-0.39, 0.29) is 24.2 Å². The highest BCUT2D eigenvalue weighted by molar-refractivity contribution is 8.24. The second kappa shape index (κ2) is 7.19. The molecule has 8 N–H and O–H groups in total. The molecule has 0 fully saturated rings. The summed E-state index contributed by atoms with van der Waals surface area (Å²) in [7, 11) is -3.37. The zero-order chi connectivity index (χ0) is 20.5. The molecule has 2 aromatic rings. The molecule has 3 rings (SSSR count). The Bertz CT molecular complexity index is 947. The van der Waals surface area contributed by atoms with Crippen molar-refractivity contribution in [2.24, 2.45) is 10.1 Å². The third kappa shape index (κ3) is 4.44. The number of carbonyl (C=O) groups excluding carboxylic acids is 1. The molecule has 10 nitrogen and oxygen atoms in total. The molecule has 1 aliphatic heterocycles. The van der Waals surface area contributed by atoms with E-state index >= 15 is 0 Å². The van der Waals surface area contributed by atoms with Crippen LogP contribution in [0.2, 0.25) is 0 Å². The molecule has 1 aromatic carbocycles. The quantitative estimate of drug-likeness (QED) is 0.438. The Morgan fingerprint density at radius 2 is 2.07 bits per heavy atom. The summed E-state index contributed by atoms with van der Waals surface area (Å²) >= 11 is 0. The number of amides is 1. The lowest BCUT2D eigenvalue weighted by Crippen LogP contribution is -2.48. The van der Waals surface area contributed by atoms with Gasteiger partial charge in [-0.2, -0.15) is 0 Å². The number of nitrogens with zero attached hydrogens (tertiary/aromatic N) is 2. The van der Waals surface area contributed by atoms with E-state index in [0.717, 1.165) is 0 Å². The predicted octanol–water partition coefficient (Wildman–Crippen LogP) is 1.96. The first-order valence-electron chi connectivity index (χ1n) is 8.28. The normalized spacial score (nSPS) is 16.2. The smallest absolute Gasteiger partial charge is 0.252 e. The van der Waals surface area contributed by atoms with Gasteiger partial charge < -0.3 is 21.5 Å². The molecule has 0 atom stereocenters. The Hall–Kier alpha value is -3.02. The van der Waals surface area contributed by atoms with Crippen LogP contribution in [0.1, 0.15) is 29.8 Å². The zero-order valence-corrected chi connectivity index (χ0v) is 16.2. The third-order valence-electron chi connectivity index (χ3n) is 3.84. The van der Waals surface area contributed by atoms with Crippen molar-refractivity contribution in [2.45, 2.75) is 19.4 Å². The van der Waals surface area contributed by atoms with E-state index < -0.39 is 16.5 Å². The first-order chi connectivity index (χ1) is 13.1. The van der Waals surface area contributed by atoms with Gasteiger partial charge in [0.1, 0.15) is 18.2 Å². The molecule has 150 valence electrons. The van der Waals surface area contributed by atoms with Gasteiger partial charge in [0, 0.05) is 11.8 Å². The van der Waals surface area contributed by atoms with Crippen LogP contribution in [0.4, 0.5) is 11.5 Å². The average molecular weight is 406 g/mol. The monoisotopic (exact) mass is 406 g/mol. The van der Waals surface area contributed by atoms with Gasteiger partial charge in [-0.05, 0) is 49.1 Å². The van der Waals surface area contributed by atoms with Crippen molar-refractivity contribution in [3.8, 4) is 5.75 Å². The van der Waals surface area contributed by atoms with Crippen molar-refractivity contribution >= 4 is 34.2 Å². The number of nitrogens with one attached hydrogen (secondary N) is 2. The van der Waals surface area contributed by atoms with E-state index in [9.17, 15) is 13.9 Å². The molecule has 2 heterocycles. The summed E-state index contributed by atoms with van der Waals surface area (Å²) in [5.41, 5.74) is 12.0. The molecular formula is C17H22N6O4S. The van der Waals surface area contributed by atoms with Crippen LogP contribution in [0.25, 0.3) is 0 Å². The number of pyridine rings is 1. The fraction of sp³-hybridized carbons (Fsp3) is 0.235. The maximum atomic E-state index is 12.4. The lowest BCUT2D eigenvalue weighted by Gasteiger charge is -2.34. The topological polar surface area (TPSA) is 168 Å². The van der Waals surface area contributed by atoms with Gasteiger partial charge in [-0.25, -0.2) is 4.98 Å². The van der Waals surface area contributed by atoms with Gasteiger partial charge in [-0.15, -0.1) is 4.40 Å². The molecule has 28 heavy (non-hydrogen) atoms. The van der Waals surface area contributed by atoms with E-state index in [4.69, 9.17) is 16.2 Å². The summed E-state index contributed by atoms with van der Waals surface area (Å²) in [5, 5.41) is 2.87. The summed E-state index contributed by atoms with van der Waals surface area (Å²) in [6.45, 7) is 3.73. The molecule has 1 aromatic heterocycles. The van der Waals surface area contributed by atoms with Crippen molar-refractivity contribution in [2.75, 3.05) is 17.1 Å². The summed E-state index contributed by atoms with van der Waals surface area (Å²) < 4.78 is 31.5. The van der Waals surface area contributed by atoms with Crippen molar-refractivity contribution < 1.29 is 18.6 Å². The van der Waals surface area contributed by atoms with Gasteiger partial charge >= 0.3 is 0 Å². The highest BCUT2D eigenvalue weighted by atomic mass is 32.3. The Kier molecular flexibility index (Phi) is 5.06. The van der Waals surface area contributed by atoms with Crippen LogP contribution in [0, 0.1) is 0 Å². The van der Waals surface area contributed by atoms with Crippen LogP contribution >= 0.6 is 11.0 Å². The maximum absolute atomic E-state index is 12.4. The number of amidine groups is 1. The Labute approximate surface area is 163 Å². The minimum atomic E-state index is -3.37. The van der Waals surface area contributed by atoms with Crippen LogP contribution in [0.3, 0.4) is 0 Å². The molecular weight excluding hydrogens is 384 g/mol. The number of benzene rings is 1. The molecule has 0 saturated heterocycles. The SMILES string of the molecule is CC(C)(COc1cccc2c1C(N)=NS(O)(O)N2)NC(=O)c1ccnc(N)c1. The fourth-order valence-corrected chi connectivity index (χ4v) is 3.49. The van der Waals surface area contributed by atoms with Crippen LogP contribution in [-0.2, 0) is 0 Å². The van der Waals surface area contributed by atoms with Gasteiger partial charge in [0.25, 0.3) is 5.91 Å². The summed E-state index contributed by atoms with van der Waals surface area (Å²) in [5.74, 6) is 0.301. The molecule has 0 unspecified atom stereocenters. The van der Waals surface area contributed by atoms with E-state index in [1.165, 1.54) is 12.3 Å². The first-order valence-corrected chi connectivity index (χ1v) is 9.78. The molecule has 0 aliphatic carbocycles. The van der Waals surface area contributed by atoms with Crippen molar-refractivity contribution in [1.82, 2.24) is 10.3 Å². The maximum Gasteiger partial charge on any atom is 0.252 e. The molecule has 0 spiro atoms. The Balaban J connectivity index is 1.73. The fourth-order valence-electron chi connectivity index (χ4n) is 2.62. The predicted molar refractivity (Wildman–Crippen MR) is 109 cm³/mol. The van der Waals surface area contributed by atoms with Crippen LogP contribution in [0.5, 0.6) is 5.75 Å². The van der Waals surface area contributed by atoms with Crippen LogP contribution in [0.15, 0.2) is 40.9 Å². The number of carbonyl (C=O) groups is 1. The number of ether oxygens (including phenoxy) is 1. The summed E-state index contributed by atoms with van der Waals surface area (Å²) in [4.78, 5) is 16.3. The highest BCUT2D eigenvalue weighted by Crippen LogP contribution is 2.46. The zero-order valence-electron chi connectivity index (χ0n) is 15.3. The van der Waals surface area contributed by atoms with Gasteiger partial charge in [-0.1, -0.05) is 6.07 Å². The second-order valence-corrected chi connectivity index (χ2v) is 8.30. The standard InChI is InChI=1S/C17H22N6O4S/c1-17(2,21-16(24)10-6-7-20-13(18)8-10)9-27-12-5-3-4-11-14(12)15(19)23-28(25,26)22-11/h3-8,22,25-26H,9H2,1-2H3,(H2,18,20)(H2,19,23)(H,21,24). The minimum absolute atomic E-state index is 0.0431. The van der Waals surface area contributed by atoms with E-state index in [2.05, 4.69) is 19.4 Å². The van der Waals surface area contributed by atoms with Gasteiger partial charge in [0.05, 0.1) is 16.8 Å². The lowest BCUT2D eigenvalue weighted by molar-refractivity contribution is 0.0880. The number of nitrogen functional groups attached to an aromatic ring is 1. The van der Waals surface area contributed by atoms with E-state index in [1.807, 2.05) is 0 Å². The second-order valence-electron chi connectivity index (χ2n) is 6.87. The highest BCUT2D eigenvalue weighted by Gasteiger charge is 2.27. The minimum Gasteiger partial charge on any atom is -0.490 e. The van der Waals surface area contributed by atoms with Gasteiger partial charge in [-0.3, -0.25) is 18.6 Å². The van der Waals surface area contributed by atoms with E-state index in [0.29, 0.717) is 22.6 Å². The Morgan fingerprint density at radius 1 is 1.32 bits per heavy atom. The first kappa shape index (κ1) is 19.7. The number of anilines is 2. The Morgan fingerprint density at radius 3 is 2.79 bits per heavy atom. The number of hydrogen-bond acceptors (Lipinski definition) is 9. The largest absolute Gasteiger partial charge is 0.490 e.